The first-order valence-corrected chi connectivity index (χ1v) is 11.2. The summed E-state index contributed by atoms with van der Waals surface area (Å²) in [7, 11) is -2.40. The van der Waals surface area contributed by atoms with Gasteiger partial charge in [-0.1, -0.05) is 35.5 Å². The Morgan fingerprint density at radius 3 is 2.65 bits per heavy atom. The molecule has 162 valence electrons. The van der Waals surface area contributed by atoms with Crippen LogP contribution in [0.15, 0.2) is 51.9 Å². The number of nitrogens with one attached hydrogen (secondary N) is 1. The molecular formula is C22H23N3O5S. The number of benzene rings is 2. The van der Waals surface area contributed by atoms with E-state index in [1.54, 1.807) is 25.1 Å². The van der Waals surface area contributed by atoms with Crippen LogP contribution in [0.5, 0.6) is 5.75 Å². The van der Waals surface area contributed by atoms with E-state index in [2.05, 4.69) is 10.5 Å². The van der Waals surface area contributed by atoms with Crippen LogP contribution in [0.2, 0.25) is 0 Å². The summed E-state index contributed by atoms with van der Waals surface area (Å²) in [6.45, 7) is 3.77. The number of nitrogens with zero attached hydrogens (tertiary/aromatic N) is 2. The van der Waals surface area contributed by atoms with E-state index in [1.165, 1.54) is 18.3 Å². The van der Waals surface area contributed by atoms with Gasteiger partial charge in [-0.05, 0) is 42.2 Å². The fraction of sp³-hybridized carbons (Fsp3) is 0.273. The lowest BCUT2D eigenvalue weighted by Gasteiger charge is -2.28. The zero-order valence-corrected chi connectivity index (χ0v) is 18.3. The van der Waals surface area contributed by atoms with Crippen molar-refractivity contribution in [2.75, 3.05) is 19.0 Å². The summed E-state index contributed by atoms with van der Waals surface area (Å²) in [4.78, 5) is 11.6. The Morgan fingerprint density at radius 2 is 1.94 bits per heavy atom. The average molecular weight is 442 g/mol. The fourth-order valence-electron chi connectivity index (χ4n) is 3.80. The largest absolute Gasteiger partial charge is 0.495 e. The van der Waals surface area contributed by atoms with E-state index in [1.807, 2.05) is 24.3 Å². The molecule has 8 nitrogen and oxygen atoms in total. The van der Waals surface area contributed by atoms with Gasteiger partial charge in [-0.3, -0.25) is 10.1 Å². The van der Waals surface area contributed by atoms with Crippen LogP contribution in [-0.4, -0.2) is 37.4 Å². The number of aryl methyl sites for hydroxylation is 1. The van der Waals surface area contributed by atoms with E-state index in [-0.39, 0.29) is 22.4 Å². The second kappa shape index (κ2) is 8.16. The predicted molar refractivity (Wildman–Crippen MR) is 115 cm³/mol. The van der Waals surface area contributed by atoms with Crippen molar-refractivity contribution in [2.45, 2.75) is 31.7 Å². The third-order valence-electron chi connectivity index (χ3n) is 5.32. The molecule has 9 heteroatoms. The normalized spacial score (nSPS) is 14.2. The maximum absolute atomic E-state index is 13.6. The highest BCUT2D eigenvalue weighted by Gasteiger charge is 2.31. The van der Waals surface area contributed by atoms with Crippen molar-refractivity contribution in [1.82, 2.24) is 9.46 Å². The monoisotopic (exact) mass is 441 g/mol. The molecular weight excluding hydrogens is 418 g/mol. The standard InChI is InChI=1S/C22H23N3O5S/c1-14-21(22(30-24-14)23-15(2)26)17-8-9-19(29-3)20(12-17)31(27,28)25-11-10-16-6-4-5-7-18(16)13-25/h4-9,12H,10-11,13H2,1-3H3,(H,23,26). The van der Waals surface area contributed by atoms with Crippen molar-refractivity contribution in [1.29, 1.82) is 0 Å². The molecule has 0 saturated carbocycles. The minimum Gasteiger partial charge on any atom is -0.495 e. The van der Waals surface area contributed by atoms with Gasteiger partial charge in [-0.15, -0.1) is 0 Å². The first-order valence-electron chi connectivity index (χ1n) is 9.80. The molecule has 1 amide bonds. The molecule has 31 heavy (non-hydrogen) atoms. The quantitative estimate of drug-likeness (QED) is 0.651. The van der Waals surface area contributed by atoms with Gasteiger partial charge in [0.15, 0.2) is 0 Å². The fourth-order valence-corrected chi connectivity index (χ4v) is 5.40. The number of anilines is 1. The van der Waals surface area contributed by atoms with Gasteiger partial charge in [0.1, 0.15) is 10.6 Å². The van der Waals surface area contributed by atoms with Gasteiger partial charge in [0.25, 0.3) is 0 Å². The molecule has 1 aliphatic heterocycles. The number of methoxy groups -OCH3 is 1. The topological polar surface area (TPSA) is 102 Å². The summed E-state index contributed by atoms with van der Waals surface area (Å²) in [5.41, 5.74) is 3.77. The molecule has 0 spiro atoms. The molecule has 1 aromatic heterocycles. The van der Waals surface area contributed by atoms with Gasteiger partial charge >= 0.3 is 0 Å². The summed E-state index contributed by atoms with van der Waals surface area (Å²) >= 11 is 0. The van der Waals surface area contributed by atoms with Crippen LogP contribution in [-0.2, 0) is 27.8 Å². The van der Waals surface area contributed by atoms with Crippen LogP contribution in [0.25, 0.3) is 11.1 Å². The second-order valence-corrected chi connectivity index (χ2v) is 9.28. The highest BCUT2D eigenvalue weighted by Crippen LogP contribution is 2.37. The number of rotatable bonds is 5. The predicted octanol–water partition coefficient (Wildman–Crippen LogP) is 3.36. The lowest BCUT2D eigenvalue weighted by Crippen LogP contribution is -2.36. The Kier molecular flexibility index (Phi) is 5.55. The number of aromatic nitrogens is 1. The number of carbonyl (C=O) groups excluding carboxylic acids is 1. The summed E-state index contributed by atoms with van der Waals surface area (Å²) in [5, 5.41) is 6.51. The van der Waals surface area contributed by atoms with Crippen molar-refractivity contribution in [3.8, 4) is 16.9 Å². The van der Waals surface area contributed by atoms with Crippen molar-refractivity contribution in [3.05, 3.63) is 59.3 Å². The van der Waals surface area contributed by atoms with Crippen LogP contribution < -0.4 is 10.1 Å². The van der Waals surface area contributed by atoms with Crippen molar-refractivity contribution in [3.63, 3.8) is 0 Å². The van der Waals surface area contributed by atoms with Crippen LogP contribution in [0.3, 0.4) is 0 Å². The van der Waals surface area contributed by atoms with Crippen molar-refractivity contribution in [2.24, 2.45) is 0 Å². The smallest absolute Gasteiger partial charge is 0.247 e. The molecule has 2 heterocycles. The highest BCUT2D eigenvalue weighted by atomic mass is 32.2. The summed E-state index contributed by atoms with van der Waals surface area (Å²) in [6, 6.07) is 12.7. The Labute approximate surface area is 180 Å². The highest BCUT2D eigenvalue weighted by molar-refractivity contribution is 7.89. The van der Waals surface area contributed by atoms with Gasteiger partial charge in [0, 0.05) is 20.0 Å². The molecule has 0 fully saturated rings. The lowest BCUT2D eigenvalue weighted by atomic mass is 10.0. The number of fused-ring (bicyclic) bond motifs is 1. The van der Waals surface area contributed by atoms with E-state index >= 15 is 0 Å². The zero-order valence-electron chi connectivity index (χ0n) is 17.5. The molecule has 2 aromatic carbocycles. The number of sulfonamides is 1. The molecule has 0 radical (unpaired) electrons. The number of ether oxygens (including phenoxy) is 1. The van der Waals surface area contributed by atoms with Crippen LogP contribution in [0.4, 0.5) is 5.88 Å². The molecule has 0 unspecified atom stereocenters. The third kappa shape index (κ3) is 3.94. The lowest BCUT2D eigenvalue weighted by molar-refractivity contribution is -0.114. The Morgan fingerprint density at radius 1 is 1.19 bits per heavy atom. The first kappa shape index (κ1) is 21.1. The number of amides is 1. The minimum atomic E-state index is -3.84. The maximum atomic E-state index is 13.6. The molecule has 1 aliphatic rings. The number of carbonyl (C=O) groups is 1. The van der Waals surface area contributed by atoms with E-state index in [0.717, 1.165) is 11.1 Å². The molecule has 4 rings (SSSR count). The Bertz CT molecular complexity index is 1250. The molecule has 3 aromatic rings. The number of hydrogen-bond acceptors (Lipinski definition) is 6. The number of hydrogen-bond donors (Lipinski definition) is 1. The average Bonchev–Trinajstić information content (AvgIpc) is 3.12. The third-order valence-corrected chi connectivity index (χ3v) is 7.18. The van der Waals surface area contributed by atoms with Crippen LogP contribution >= 0.6 is 0 Å². The second-order valence-electron chi connectivity index (χ2n) is 7.38. The molecule has 0 atom stereocenters. The molecule has 1 N–H and O–H groups in total. The zero-order chi connectivity index (χ0) is 22.2. The van der Waals surface area contributed by atoms with E-state index in [9.17, 15) is 13.2 Å². The first-order chi connectivity index (χ1) is 14.8. The summed E-state index contributed by atoms with van der Waals surface area (Å²) in [6.07, 6.45) is 0.648. The van der Waals surface area contributed by atoms with Gasteiger partial charge in [-0.25, -0.2) is 8.42 Å². The van der Waals surface area contributed by atoms with E-state index in [0.29, 0.717) is 36.3 Å². The van der Waals surface area contributed by atoms with Crippen LogP contribution in [0, 0.1) is 6.92 Å². The minimum absolute atomic E-state index is 0.0567. The van der Waals surface area contributed by atoms with Gasteiger partial charge in [0.2, 0.25) is 21.8 Å². The molecule has 0 bridgehead atoms. The van der Waals surface area contributed by atoms with Gasteiger partial charge in [-0.2, -0.15) is 4.31 Å². The van der Waals surface area contributed by atoms with Crippen molar-refractivity contribution < 1.29 is 22.5 Å². The Balaban J connectivity index is 1.77. The summed E-state index contributed by atoms with van der Waals surface area (Å²) in [5.74, 6) is 0.106. The Hall–Kier alpha value is -3.17. The van der Waals surface area contributed by atoms with Gasteiger partial charge in [0.05, 0.1) is 18.4 Å². The SMILES string of the molecule is COc1ccc(-c2c(C)noc2NC(C)=O)cc1S(=O)(=O)N1CCc2ccccc2C1. The molecule has 0 saturated heterocycles. The maximum Gasteiger partial charge on any atom is 0.247 e. The molecule has 0 aliphatic carbocycles. The van der Waals surface area contributed by atoms with Gasteiger partial charge < -0.3 is 9.26 Å². The van der Waals surface area contributed by atoms with E-state index in [4.69, 9.17) is 9.26 Å². The summed E-state index contributed by atoms with van der Waals surface area (Å²) < 4.78 is 39.2. The van der Waals surface area contributed by atoms with Crippen molar-refractivity contribution >= 4 is 21.8 Å². The van der Waals surface area contributed by atoms with Crippen LogP contribution in [0.1, 0.15) is 23.7 Å². The van der Waals surface area contributed by atoms with E-state index < -0.39 is 10.0 Å².